The summed E-state index contributed by atoms with van der Waals surface area (Å²) >= 11 is 0. The zero-order chi connectivity index (χ0) is 29.8. The fraction of sp³-hybridized carbons (Fsp3) is 0.455. The Morgan fingerprint density at radius 1 is 0.526 bits per heavy atom. The second-order valence-corrected chi connectivity index (χ2v) is 8.44. The van der Waals surface area contributed by atoms with Gasteiger partial charge in [0, 0.05) is 0 Å². The molecule has 0 aliphatic heterocycles. The summed E-state index contributed by atoms with van der Waals surface area (Å²) in [6.45, 7) is 0.349. The maximum Gasteiger partial charge on any atom is 0.460 e. The molecular weight excluding hydrogens is 565 g/mol. The van der Waals surface area contributed by atoms with Gasteiger partial charge in [-0.1, -0.05) is 54.6 Å². The number of hydrogen-bond acceptors (Lipinski definition) is 1. The summed E-state index contributed by atoms with van der Waals surface area (Å²) < 4.78 is 202. The molecule has 0 saturated heterocycles. The summed E-state index contributed by atoms with van der Waals surface area (Å²) in [5, 5.41) is 10.5. The molecule has 2 rings (SSSR count). The van der Waals surface area contributed by atoms with Gasteiger partial charge in [-0.2, -0.15) is 65.9 Å². The van der Waals surface area contributed by atoms with Gasteiger partial charge in [-0.15, -0.1) is 0 Å². The van der Waals surface area contributed by atoms with E-state index in [2.05, 4.69) is 0 Å². The SMILES string of the molecule is CC(O)(CC(F)(F)C(F)(F)C(F)(F)C(F)(F)C(F)(F)C(F)(F)C(F)(F)F)c1ccccc1-c1ccccc1. The summed E-state index contributed by atoms with van der Waals surface area (Å²) in [5.41, 5.74) is -3.95. The first-order valence-electron chi connectivity index (χ1n) is 10.0. The fourth-order valence-corrected chi connectivity index (χ4v) is 3.46. The molecular formula is C22H15F15O. The predicted octanol–water partition coefficient (Wildman–Crippen LogP) is 8.33. The maximum absolute atomic E-state index is 14.5. The summed E-state index contributed by atoms with van der Waals surface area (Å²) in [5.74, 6) is -47.2. The molecule has 0 saturated carbocycles. The minimum Gasteiger partial charge on any atom is -0.385 e. The third-order valence-electron chi connectivity index (χ3n) is 5.55. The molecule has 0 bridgehead atoms. The van der Waals surface area contributed by atoms with Crippen molar-refractivity contribution in [1.29, 1.82) is 0 Å². The molecule has 0 fully saturated rings. The summed E-state index contributed by atoms with van der Waals surface area (Å²) in [6.07, 6.45) is -10.6. The van der Waals surface area contributed by atoms with Crippen molar-refractivity contribution in [2.75, 3.05) is 0 Å². The van der Waals surface area contributed by atoms with Crippen LogP contribution in [0.15, 0.2) is 54.6 Å². The number of aliphatic hydroxyl groups is 1. The maximum atomic E-state index is 14.5. The van der Waals surface area contributed by atoms with Gasteiger partial charge in [0.15, 0.2) is 0 Å². The molecule has 0 heterocycles. The Kier molecular flexibility index (Phi) is 7.66. The van der Waals surface area contributed by atoms with Crippen LogP contribution in [0.2, 0.25) is 0 Å². The van der Waals surface area contributed by atoms with Gasteiger partial charge >= 0.3 is 41.7 Å². The van der Waals surface area contributed by atoms with Crippen LogP contribution >= 0.6 is 0 Å². The average molecular weight is 580 g/mol. The van der Waals surface area contributed by atoms with E-state index in [0.717, 1.165) is 18.2 Å². The summed E-state index contributed by atoms with van der Waals surface area (Å²) in [4.78, 5) is 0. The molecule has 0 aromatic heterocycles. The van der Waals surface area contributed by atoms with Crippen molar-refractivity contribution in [3.63, 3.8) is 0 Å². The van der Waals surface area contributed by atoms with Crippen LogP contribution in [0.25, 0.3) is 11.1 Å². The molecule has 0 amide bonds. The highest BCUT2D eigenvalue weighted by Crippen LogP contribution is 2.63. The molecule has 1 nitrogen and oxygen atoms in total. The van der Waals surface area contributed by atoms with Gasteiger partial charge in [0.25, 0.3) is 0 Å². The molecule has 0 radical (unpaired) electrons. The minimum absolute atomic E-state index is 0.148. The van der Waals surface area contributed by atoms with Crippen LogP contribution in [0, 0.1) is 0 Å². The second-order valence-electron chi connectivity index (χ2n) is 8.44. The van der Waals surface area contributed by atoms with Crippen molar-refractivity contribution < 1.29 is 71.0 Å². The van der Waals surface area contributed by atoms with Crippen molar-refractivity contribution in [3.05, 3.63) is 60.2 Å². The quantitative estimate of drug-likeness (QED) is 0.296. The minimum atomic E-state index is -8.38. The van der Waals surface area contributed by atoms with Gasteiger partial charge in [-0.25, -0.2) is 0 Å². The number of rotatable bonds is 9. The lowest BCUT2D eigenvalue weighted by Crippen LogP contribution is -2.72. The van der Waals surface area contributed by atoms with Gasteiger partial charge < -0.3 is 5.11 Å². The lowest BCUT2D eigenvalue weighted by molar-refractivity contribution is -0.453. The van der Waals surface area contributed by atoms with E-state index in [1.165, 1.54) is 36.4 Å². The lowest BCUT2D eigenvalue weighted by atomic mass is 9.81. The molecule has 38 heavy (non-hydrogen) atoms. The molecule has 214 valence electrons. The Morgan fingerprint density at radius 3 is 1.39 bits per heavy atom. The lowest BCUT2D eigenvalue weighted by Gasteiger charge is -2.42. The number of halogens is 15. The molecule has 16 heteroatoms. The molecule has 2 aromatic carbocycles. The highest BCUT2D eigenvalue weighted by Gasteiger charge is 2.93. The Balaban J connectivity index is 2.58. The highest BCUT2D eigenvalue weighted by atomic mass is 19.4. The van der Waals surface area contributed by atoms with E-state index < -0.39 is 59.3 Å². The van der Waals surface area contributed by atoms with E-state index in [1.54, 1.807) is 0 Å². The molecule has 1 unspecified atom stereocenters. The van der Waals surface area contributed by atoms with E-state index in [-0.39, 0.29) is 11.1 Å². The fourth-order valence-electron chi connectivity index (χ4n) is 3.46. The van der Waals surface area contributed by atoms with Gasteiger partial charge in [0.1, 0.15) is 0 Å². The first kappa shape index (κ1) is 31.6. The van der Waals surface area contributed by atoms with Gasteiger partial charge in [0.05, 0.1) is 12.0 Å². The first-order chi connectivity index (χ1) is 16.8. The largest absolute Gasteiger partial charge is 0.460 e. The smallest absolute Gasteiger partial charge is 0.385 e. The van der Waals surface area contributed by atoms with Crippen LogP contribution in [0.3, 0.4) is 0 Å². The predicted molar refractivity (Wildman–Crippen MR) is 102 cm³/mol. The summed E-state index contributed by atoms with van der Waals surface area (Å²) in [7, 11) is 0. The van der Waals surface area contributed by atoms with Crippen LogP contribution in [0.4, 0.5) is 65.9 Å². The average Bonchev–Trinajstić information content (AvgIpc) is 2.77. The molecule has 0 aliphatic rings. The van der Waals surface area contributed by atoms with Crippen LogP contribution in [-0.4, -0.2) is 46.8 Å². The zero-order valence-electron chi connectivity index (χ0n) is 18.5. The first-order valence-corrected chi connectivity index (χ1v) is 10.0. The monoisotopic (exact) mass is 580 g/mol. The molecule has 0 aliphatic carbocycles. The molecule has 1 N–H and O–H groups in total. The normalized spacial score (nSPS) is 16.3. The van der Waals surface area contributed by atoms with Crippen molar-refractivity contribution >= 4 is 0 Å². The van der Waals surface area contributed by atoms with E-state index in [1.807, 2.05) is 0 Å². The van der Waals surface area contributed by atoms with Gasteiger partial charge in [0.2, 0.25) is 0 Å². The van der Waals surface area contributed by atoms with Crippen LogP contribution in [0.5, 0.6) is 0 Å². The molecule has 2 aromatic rings. The summed E-state index contributed by atoms with van der Waals surface area (Å²) in [6, 6.07) is 11.3. The van der Waals surface area contributed by atoms with E-state index in [9.17, 15) is 71.0 Å². The third kappa shape index (κ3) is 4.68. The second kappa shape index (κ2) is 9.23. The van der Waals surface area contributed by atoms with E-state index in [0.29, 0.717) is 6.92 Å². The van der Waals surface area contributed by atoms with Gasteiger partial charge in [-0.3, -0.25) is 0 Å². The Morgan fingerprint density at radius 2 is 0.921 bits per heavy atom. The van der Waals surface area contributed by atoms with Crippen molar-refractivity contribution in [2.45, 2.75) is 60.7 Å². The highest BCUT2D eigenvalue weighted by molar-refractivity contribution is 5.68. The zero-order valence-corrected chi connectivity index (χ0v) is 18.5. The van der Waals surface area contributed by atoms with E-state index in [4.69, 9.17) is 0 Å². The Hall–Kier alpha value is -2.65. The standard InChI is InChI=1S/C22H15F15O/c1-15(38,14-10-6-5-9-13(14)12-7-3-2-4-8-12)11-16(23,24)17(25,26)18(27,28)19(29,30)20(31,32)21(33,34)22(35,36)37/h2-10,38H,11H2,1H3. The topological polar surface area (TPSA) is 20.2 Å². The van der Waals surface area contributed by atoms with Crippen LogP contribution in [0.1, 0.15) is 18.9 Å². The van der Waals surface area contributed by atoms with Crippen molar-refractivity contribution in [1.82, 2.24) is 0 Å². The van der Waals surface area contributed by atoms with E-state index >= 15 is 0 Å². The Labute approximate surface area is 203 Å². The third-order valence-corrected chi connectivity index (χ3v) is 5.55. The van der Waals surface area contributed by atoms with Crippen LogP contribution < -0.4 is 0 Å². The van der Waals surface area contributed by atoms with Crippen LogP contribution in [-0.2, 0) is 5.60 Å². The van der Waals surface area contributed by atoms with Crippen molar-refractivity contribution in [2.24, 2.45) is 0 Å². The number of hydrogen-bond donors (Lipinski definition) is 1. The Bertz CT molecular complexity index is 1120. The van der Waals surface area contributed by atoms with Crippen molar-refractivity contribution in [3.8, 4) is 11.1 Å². The number of benzene rings is 2. The number of alkyl halides is 15. The van der Waals surface area contributed by atoms with Gasteiger partial charge in [-0.05, 0) is 23.6 Å². The molecule has 1 atom stereocenters. The molecule has 0 spiro atoms.